The van der Waals surface area contributed by atoms with Crippen LogP contribution in [0.15, 0.2) is 29.3 Å². The molecule has 1 fully saturated rings. The van der Waals surface area contributed by atoms with Crippen molar-refractivity contribution >= 4 is 17.6 Å². The van der Waals surface area contributed by atoms with E-state index in [4.69, 9.17) is 9.73 Å². The first kappa shape index (κ1) is 22.2. The van der Waals surface area contributed by atoms with E-state index in [2.05, 4.69) is 43.6 Å². The lowest BCUT2D eigenvalue weighted by atomic mass is 10.0. The summed E-state index contributed by atoms with van der Waals surface area (Å²) in [6.45, 7) is 10.8. The molecule has 1 aromatic carbocycles. The average molecular weight is 389 g/mol. The van der Waals surface area contributed by atoms with Gasteiger partial charge in [-0.3, -0.25) is 4.79 Å². The van der Waals surface area contributed by atoms with Crippen molar-refractivity contribution in [2.45, 2.75) is 72.1 Å². The molecule has 0 saturated carbocycles. The topological polar surface area (TPSA) is 74.8 Å². The van der Waals surface area contributed by atoms with Crippen LogP contribution in [0.25, 0.3) is 0 Å². The summed E-state index contributed by atoms with van der Waals surface area (Å²) in [6.07, 6.45) is 3.73. The van der Waals surface area contributed by atoms with Crippen LogP contribution in [-0.4, -0.2) is 37.2 Å². The minimum Gasteiger partial charge on any atom is -0.368 e. The number of carbonyl (C=O) groups excluding carboxylic acids is 1. The quantitative estimate of drug-likeness (QED) is 0.446. The minimum atomic E-state index is -0.321. The summed E-state index contributed by atoms with van der Waals surface area (Å²) < 4.78 is 5.44. The Morgan fingerprint density at radius 1 is 1.29 bits per heavy atom. The zero-order chi connectivity index (χ0) is 20.4. The Labute approximate surface area is 169 Å². The number of amides is 1. The fraction of sp³-hybridized carbons (Fsp3) is 0.636. The molecule has 0 radical (unpaired) electrons. The molecule has 1 heterocycles. The van der Waals surface area contributed by atoms with Crippen molar-refractivity contribution in [2.75, 3.05) is 18.5 Å². The molecule has 0 aromatic heterocycles. The van der Waals surface area contributed by atoms with Crippen LogP contribution < -0.4 is 16.0 Å². The first-order chi connectivity index (χ1) is 13.5. The molecule has 2 rings (SSSR count). The number of anilines is 1. The van der Waals surface area contributed by atoms with Gasteiger partial charge in [-0.15, -0.1) is 0 Å². The van der Waals surface area contributed by atoms with E-state index in [1.54, 1.807) is 0 Å². The zero-order valence-electron chi connectivity index (χ0n) is 17.8. The summed E-state index contributed by atoms with van der Waals surface area (Å²) in [4.78, 5) is 16.9. The largest absolute Gasteiger partial charge is 0.368 e. The van der Waals surface area contributed by atoms with Gasteiger partial charge < -0.3 is 20.7 Å². The number of ether oxygens (including phenoxy) is 1. The van der Waals surface area contributed by atoms with Gasteiger partial charge in [0.05, 0.1) is 6.54 Å². The van der Waals surface area contributed by atoms with E-state index in [0.29, 0.717) is 25.1 Å². The van der Waals surface area contributed by atoms with Crippen LogP contribution in [0.5, 0.6) is 0 Å². The number of aliphatic imine (C=N–C) groups is 1. The third-order valence-electron chi connectivity index (χ3n) is 4.74. The van der Waals surface area contributed by atoms with Gasteiger partial charge in [-0.1, -0.05) is 26.0 Å². The van der Waals surface area contributed by atoms with Gasteiger partial charge in [0.1, 0.15) is 6.10 Å². The molecule has 1 aliphatic heterocycles. The molecule has 28 heavy (non-hydrogen) atoms. The predicted molar refractivity (Wildman–Crippen MR) is 116 cm³/mol. The highest BCUT2D eigenvalue weighted by atomic mass is 16.5. The maximum atomic E-state index is 12.2. The molecule has 1 aliphatic rings. The van der Waals surface area contributed by atoms with Gasteiger partial charge >= 0.3 is 0 Å². The standard InChI is InChI=1S/C22H36N4O2/c1-5-23-22(25-17(4)12-11-16(2)3)24-15-18-8-6-9-19(14-18)26-21(27)20-10-7-13-28-20/h6,8-9,14,16-17,20H,5,7,10-13,15H2,1-4H3,(H,26,27)(H2,23,24,25). The van der Waals surface area contributed by atoms with Gasteiger partial charge in [0, 0.05) is 24.9 Å². The lowest BCUT2D eigenvalue weighted by molar-refractivity contribution is -0.124. The van der Waals surface area contributed by atoms with E-state index in [0.717, 1.165) is 43.0 Å². The smallest absolute Gasteiger partial charge is 0.253 e. The van der Waals surface area contributed by atoms with Crippen molar-refractivity contribution < 1.29 is 9.53 Å². The highest BCUT2D eigenvalue weighted by Gasteiger charge is 2.23. The molecule has 156 valence electrons. The minimum absolute atomic E-state index is 0.0628. The molecule has 1 aromatic rings. The second kappa shape index (κ2) is 11.7. The molecule has 0 bridgehead atoms. The van der Waals surface area contributed by atoms with E-state index in [-0.39, 0.29) is 12.0 Å². The third kappa shape index (κ3) is 7.89. The fourth-order valence-electron chi connectivity index (χ4n) is 3.13. The maximum Gasteiger partial charge on any atom is 0.253 e. The number of hydrogen-bond donors (Lipinski definition) is 3. The summed E-state index contributed by atoms with van der Waals surface area (Å²) in [7, 11) is 0. The summed E-state index contributed by atoms with van der Waals surface area (Å²) in [5.74, 6) is 1.47. The van der Waals surface area contributed by atoms with Gasteiger partial charge in [-0.2, -0.15) is 0 Å². The molecule has 1 amide bonds. The SMILES string of the molecule is CCNC(=NCc1cccc(NC(=O)C2CCCO2)c1)NC(C)CCC(C)C. The van der Waals surface area contributed by atoms with Gasteiger partial charge in [0.2, 0.25) is 0 Å². The van der Waals surface area contributed by atoms with E-state index < -0.39 is 0 Å². The van der Waals surface area contributed by atoms with Crippen molar-refractivity contribution in [3.63, 3.8) is 0 Å². The van der Waals surface area contributed by atoms with E-state index in [9.17, 15) is 4.79 Å². The lowest BCUT2D eigenvalue weighted by Crippen LogP contribution is -2.42. The fourth-order valence-corrected chi connectivity index (χ4v) is 3.13. The molecule has 0 aliphatic carbocycles. The van der Waals surface area contributed by atoms with Crippen molar-refractivity contribution in [3.8, 4) is 0 Å². The monoisotopic (exact) mass is 388 g/mol. The van der Waals surface area contributed by atoms with Gasteiger partial charge in [0.25, 0.3) is 5.91 Å². The van der Waals surface area contributed by atoms with E-state index in [1.165, 1.54) is 6.42 Å². The second-order valence-corrected chi connectivity index (χ2v) is 7.90. The van der Waals surface area contributed by atoms with Crippen molar-refractivity contribution in [1.29, 1.82) is 0 Å². The number of hydrogen-bond acceptors (Lipinski definition) is 3. The Morgan fingerprint density at radius 2 is 2.11 bits per heavy atom. The Hall–Kier alpha value is -2.08. The number of carbonyl (C=O) groups is 1. The molecule has 1 saturated heterocycles. The first-order valence-electron chi connectivity index (χ1n) is 10.5. The van der Waals surface area contributed by atoms with Crippen molar-refractivity contribution in [2.24, 2.45) is 10.9 Å². The Kier molecular flexibility index (Phi) is 9.28. The zero-order valence-corrected chi connectivity index (χ0v) is 17.8. The summed E-state index contributed by atoms with van der Waals surface area (Å²) >= 11 is 0. The van der Waals surface area contributed by atoms with Crippen molar-refractivity contribution in [3.05, 3.63) is 29.8 Å². The van der Waals surface area contributed by atoms with E-state index in [1.807, 2.05) is 24.3 Å². The summed E-state index contributed by atoms with van der Waals surface area (Å²) in [5, 5.41) is 9.74. The molecule has 2 unspecified atom stereocenters. The van der Waals surface area contributed by atoms with Crippen LogP contribution in [0.4, 0.5) is 5.69 Å². The molecule has 2 atom stereocenters. The molecular weight excluding hydrogens is 352 g/mol. The van der Waals surface area contributed by atoms with Crippen LogP contribution in [0.1, 0.15) is 58.9 Å². The van der Waals surface area contributed by atoms with Crippen LogP contribution in [-0.2, 0) is 16.1 Å². The lowest BCUT2D eigenvalue weighted by Gasteiger charge is -2.18. The number of nitrogens with one attached hydrogen (secondary N) is 3. The first-order valence-corrected chi connectivity index (χ1v) is 10.5. The highest BCUT2D eigenvalue weighted by Crippen LogP contribution is 2.16. The molecule has 3 N–H and O–H groups in total. The second-order valence-electron chi connectivity index (χ2n) is 7.90. The van der Waals surface area contributed by atoms with Crippen LogP contribution in [0.3, 0.4) is 0 Å². The molecule has 0 spiro atoms. The Balaban J connectivity index is 1.92. The Morgan fingerprint density at radius 3 is 2.79 bits per heavy atom. The summed E-state index contributed by atoms with van der Waals surface area (Å²) in [6, 6.07) is 8.22. The van der Waals surface area contributed by atoms with E-state index >= 15 is 0 Å². The summed E-state index contributed by atoms with van der Waals surface area (Å²) in [5.41, 5.74) is 1.84. The average Bonchev–Trinajstić information content (AvgIpc) is 3.20. The predicted octanol–water partition coefficient (Wildman–Crippen LogP) is 3.68. The Bertz CT molecular complexity index is 639. The maximum absolute atomic E-state index is 12.2. The molecular formula is C22H36N4O2. The normalized spacial score (nSPS) is 18.2. The number of benzene rings is 1. The third-order valence-corrected chi connectivity index (χ3v) is 4.74. The van der Waals surface area contributed by atoms with Gasteiger partial charge in [-0.05, 0) is 63.1 Å². The van der Waals surface area contributed by atoms with Crippen LogP contribution >= 0.6 is 0 Å². The highest BCUT2D eigenvalue weighted by molar-refractivity contribution is 5.94. The number of nitrogens with zero attached hydrogens (tertiary/aromatic N) is 1. The van der Waals surface area contributed by atoms with Gasteiger partial charge in [0.15, 0.2) is 5.96 Å². The molecule has 6 nitrogen and oxygen atoms in total. The van der Waals surface area contributed by atoms with Crippen molar-refractivity contribution in [1.82, 2.24) is 10.6 Å². The van der Waals surface area contributed by atoms with Gasteiger partial charge in [-0.25, -0.2) is 4.99 Å². The van der Waals surface area contributed by atoms with Crippen LogP contribution in [0.2, 0.25) is 0 Å². The van der Waals surface area contributed by atoms with Crippen LogP contribution in [0, 0.1) is 5.92 Å². The number of guanidine groups is 1. The molecule has 6 heteroatoms. The number of rotatable bonds is 9.